The molecule has 0 aliphatic heterocycles. The number of rotatable bonds is 1. The van der Waals surface area contributed by atoms with Crippen LogP contribution in [0.2, 0.25) is 0 Å². The van der Waals surface area contributed by atoms with Gasteiger partial charge < -0.3 is 0 Å². The van der Waals surface area contributed by atoms with Crippen LogP contribution in [0.15, 0.2) is 28.2 Å². The molecule has 1 rings (SSSR count). The van der Waals surface area contributed by atoms with E-state index in [1.807, 2.05) is 0 Å². The van der Waals surface area contributed by atoms with E-state index in [0.717, 1.165) is 0 Å². The zero-order valence-corrected chi connectivity index (χ0v) is 8.55. The molecule has 0 spiro atoms. The minimum atomic E-state index is -0.377. The first-order chi connectivity index (χ1) is 6.67. The Morgan fingerprint density at radius 1 is 1.36 bits per heavy atom. The van der Waals surface area contributed by atoms with Crippen molar-refractivity contribution in [3.05, 3.63) is 39.6 Å². The summed E-state index contributed by atoms with van der Waals surface area (Å²) in [6, 6.07) is 7.72. The van der Waals surface area contributed by atoms with E-state index >= 15 is 0 Å². The average molecular weight is 251 g/mol. The third-order valence-electron chi connectivity index (χ3n) is 1.50. The summed E-state index contributed by atoms with van der Waals surface area (Å²) in [6.45, 7) is 0. The molecule has 0 saturated heterocycles. The van der Waals surface area contributed by atoms with Gasteiger partial charge in [-0.25, -0.2) is 4.39 Å². The molecule has 0 saturated carbocycles. The van der Waals surface area contributed by atoms with Gasteiger partial charge in [0, 0.05) is 0 Å². The van der Waals surface area contributed by atoms with Crippen LogP contribution in [0, 0.1) is 28.5 Å². The summed E-state index contributed by atoms with van der Waals surface area (Å²) in [5.74, 6) is -0.377. The van der Waals surface area contributed by atoms with Crippen molar-refractivity contribution in [1.82, 2.24) is 0 Å². The SMILES string of the molecule is N#CC(C#N)=Cc1ccc(F)c(Br)c1. The zero-order chi connectivity index (χ0) is 10.6. The van der Waals surface area contributed by atoms with E-state index in [9.17, 15) is 4.39 Å². The quantitative estimate of drug-likeness (QED) is 0.720. The maximum Gasteiger partial charge on any atom is 0.137 e. The van der Waals surface area contributed by atoms with Crippen LogP contribution >= 0.6 is 15.9 Å². The van der Waals surface area contributed by atoms with E-state index in [2.05, 4.69) is 15.9 Å². The standard InChI is InChI=1S/C10H4BrFN2/c11-9-4-7(1-2-10(9)12)3-8(5-13)6-14/h1-4H. The minimum Gasteiger partial charge on any atom is -0.206 e. The topological polar surface area (TPSA) is 47.6 Å². The highest BCUT2D eigenvalue weighted by Gasteiger charge is 1.99. The molecule has 0 N–H and O–H groups in total. The fourth-order valence-electron chi connectivity index (χ4n) is 0.858. The van der Waals surface area contributed by atoms with Crippen molar-refractivity contribution in [1.29, 1.82) is 10.5 Å². The molecule has 0 atom stereocenters. The Morgan fingerprint density at radius 2 is 2.00 bits per heavy atom. The monoisotopic (exact) mass is 250 g/mol. The fraction of sp³-hybridized carbons (Fsp3) is 0. The molecule has 0 amide bonds. The Labute approximate surface area is 89.0 Å². The summed E-state index contributed by atoms with van der Waals surface area (Å²) in [5, 5.41) is 17.0. The van der Waals surface area contributed by atoms with Crippen molar-refractivity contribution >= 4 is 22.0 Å². The maximum atomic E-state index is 12.8. The van der Waals surface area contributed by atoms with Gasteiger partial charge in [0.2, 0.25) is 0 Å². The van der Waals surface area contributed by atoms with Gasteiger partial charge in [-0.3, -0.25) is 0 Å². The van der Waals surface area contributed by atoms with Gasteiger partial charge in [-0.05, 0) is 39.7 Å². The lowest BCUT2D eigenvalue weighted by atomic mass is 10.1. The van der Waals surface area contributed by atoms with E-state index in [4.69, 9.17) is 10.5 Å². The van der Waals surface area contributed by atoms with Gasteiger partial charge in [0.15, 0.2) is 0 Å². The Balaban J connectivity index is 3.13. The van der Waals surface area contributed by atoms with Crippen LogP contribution in [-0.2, 0) is 0 Å². The highest BCUT2D eigenvalue weighted by atomic mass is 79.9. The first-order valence-electron chi connectivity index (χ1n) is 3.64. The third-order valence-corrected chi connectivity index (χ3v) is 2.10. The molecule has 68 valence electrons. The molecule has 0 unspecified atom stereocenters. The molecule has 14 heavy (non-hydrogen) atoms. The van der Waals surface area contributed by atoms with Crippen molar-refractivity contribution < 1.29 is 4.39 Å². The average Bonchev–Trinajstić information content (AvgIpc) is 2.19. The molecule has 0 bridgehead atoms. The van der Waals surface area contributed by atoms with Crippen molar-refractivity contribution in [2.24, 2.45) is 0 Å². The largest absolute Gasteiger partial charge is 0.206 e. The fourth-order valence-corrected chi connectivity index (χ4v) is 1.25. The second-order valence-electron chi connectivity index (χ2n) is 2.46. The molecule has 4 heteroatoms. The summed E-state index contributed by atoms with van der Waals surface area (Å²) in [7, 11) is 0. The normalized spacial score (nSPS) is 8.57. The second kappa shape index (κ2) is 4.55. The molecule has 1 aromatic rings. The zero-order valence-electron chi connectivity index (χ0n) is 6.96. The summed E-state index contributed by atoms with van der Waals surface area (Å²) in [4.78, 5) is 0. The predicted octanol–water partition coefficient (Wildman–Crippen LogP) is 3.02. The van der Waals surface area contributed by atoms with Crippen LogP contribution < -0.4 is 0 Å². The van der Waals surface area contributed by atoms with Gasteiger partial charge in [-0.2, -0.15) is 10.5 Å². The van der Waals surface area contributed by atoms with Crippen LogP contribution in [-0.4, -0.2) is 0 Å². The van der Waals surface area contributed by atoms with Gasteiger partial charge >= 0.3 is 0 Å². The van der Waals surface area contributed by atoms with Crippen molar-refractivity contribution in [2.45, 2.75) is 0 Å². The van der Waals surface area contributed by atoms with Crippen LogP contribution in [0.1, 0.15) is 5.56 Å². The van der Waals surface area contributed by atoms with Crippen LogP contribution in [0.4, 0.5) is 4.39 Å². The number of nitriles is 2. The number of benzene rings is 1. The number of nitrogens with zero attached hydrogens (tertiary/aromatic N) is 2. The van der Waals surface area contributed by atoms with Crippen molar-refractivity contribution in [3.8, 4) is 12.1 Å². The van der Waals surface area contributed by atoms with E-state index in [1.165, 1.54) is 24.3 Å². The molecular weight excluding hydrogens is 247 g/mol. The molecule has 1 aromatic carbocycles. The Kier molecular flexibility index (Phi) is 3.39. The lowest BCUT2D eigenvalue weighted by molar-refractivity contribution is 0.621. The molecule has 0 radical (unpaired) electrons. The minimum absolute atomic E-state index is 0.0106. The summed E-state index contributed by atoms with van der Waals surface area (Å²) < 4.78 is 13.1. The number of hydrogen-bond acceptors (Lipinski definition) is 2. The molecule has 0 aliphatic rings. The number of allylic oxidation sites excluding steroid dienone is 1. The van der Waals surface area contributed by atoms with Gasteiger partial charge in [0.1, 0.15) is 23.5 Å². The van der Waals surface area contributed by atoms with Crippen molar-refractivity contribution in [2.75, 3.05) is 0 Å². The summed E-state index contributed by atoms with van der Waals surface area (Å²) in [5.41, 5.74) is 0.597. The lowest BCUT2D eigenvalue weighted by Gasteiger charge is -1.96. The molecule has 0 aromatic heterocycles. The third kappa shape index (κ3) is 2.42. The van der Waals surface area contributed by atoms with Crippen LogP contribution in [0.3, 0.4) is 0 Å². The molecule has 2 nitrogen and oxygen atoms in total. The molecule has 0 fully saturated rings. The van der Waals surface area contributed by atoms with Crippen LogP contribution in [0.25, 0.3) is 6.08 Å². The summed E-state index contributed by atoms with van der Waals surface area (Å²) >= 11 is 3.01. The van der Waals surface area contributed by atoms with E-state index in [-0.39, 0.29) is 11.4 Å². The van der Waals surface area contributed by atoms with Gasteiger partial charge in [-0.1, -0.05) is 6.07 Å². The Hall–Kier alpha value is -1.65. The summed E-state index contributed by atoms with van der Waals surface area (Å²) in [6.07, 6.45) is 1.39. The highest BCUT2D eigenvalue weighted by molar-refractivity contribution is 9.10. The maximum absolute atomic E-state index is 12.8. The second-order valence-corrected chi connectivity index (χ2v) is 3.31. The highest BCUT2D eigenvalue weighted by Crippen LogP contribution is 2.18. The van der Waals surface area contributed by atoms with Crippen LogP contribution in [0.5, 0.6) is 0 Å². The van der Waals surface area contributed by atoms with E-state index in [1.54, 1.807) is 12.1 Å². The van der Waals surface area contributed by atoms with E-state index < -0.39 is 0 Å². The van der Waals surface area contributed by atoms with Crippen molar-refractivity contribution in [3.63, 3.8) is 0 Å². The predicted molar refractivity (Wildman–Crippen MR) is 53.3 cm³/mol. The van der Waals surface area contributed by atoms with E-state index in [0.29, 0.717) is 10.0 Å². The molecular formula is C10H4BrFN2. The van der Waals surface area contributed by atoms with Gasteiger partial charge in [0.25, 0.3) is 0 Å². The number of halogens is 2. The first kappa shape index (κ1) is 10.4. The Morgan fingerprint density at radius 3 is 2.50 bits per heavy atom. The van der Waals surface area contributed by atoms with Gasteiger partial charge in [-0.15, -0.1) is 0 Å². The Bertz CT molecular complexity index is 450. The lowest BCUT2D eigenvalue weighted by Crippen LogP contribution is -1.80. The smallest absolute Gasteiger partial charge is 0.137 e. The first-order valence-corrected chi connectivity index (χ1v) is 4.43. The number of hydrogen-bond donors (Lipinski definition) is 0. The van der Waals surface area contributed by atoms with Gasteiger partial charge in [0.05, 0.1) is 4.47 Å². The molecule has 0 heterocycles. The molecule has 0 aliphatic carbocycles.